The van der Waals surface area contributed by atoms with Gasteiger partial charge < -0.3 is 14.5 Å². The molecule has 0 spiro atoms. The van der Waals surface area contributed by atoms with Crippen LogP contribution >= 0.6 is 0 Å². The first-order chi connectivity index (χ1) is 12.7. The molecular weight excluding hydrogens is 350 g/mol. The van der Waals surface area contributed by atoms with E-state index in [9.17, 15) is 19.7 Å². The standard InChI is InChI=1S/C19H27N3O5/c1-13(2)21(14(3)4)18(23)12-27-19(24)16-11-15(22(25)26)7-8-17(16)20-9-5-6-10-20/h7-8,11,13-14H,5-6,9-10,12H2,1-4H3. The highest BCUT2D eigenvalue weighted by Crippen LogP contribution is 2.29. The molecule has 8 nitrogen and oxygen atoms in total. The minimum Gasteiger partial charge on any atom is -0.452 e. The van der Waals surface area contributed by atoms with Crippen LogP contribution in [0.3, 0.4) is 0 Å². The van der Waals surface area contributed by atoms with Crippen molar-refractivity contribution in [2.75, 3.05) is 24.6 Å². The first kappa shape index (κ1) is 20.7. The Kier molecular flexibility index (Phi) is 6.76. The molecule has 0 unspecified atom stereocenters. The molecule has 1 aromatic rings. The molecule has 8 heteroatoms. The minimum absolute atomic E-state index is 0.0193. The fourth-order valence-corrected chi connectivity index (χ4v) is 3.49. The summed E-state index contributed by atoms with van der Waals surface area (Å²) in [6.07, 6.45) is 2.00. The third kappa shape index (κ3) is 4.96. The average Bonchev–Trinajstić information content (AvgIpc) is 3.12. The highest BCUT2D eigenvalue weighted by molar-refractivity contribution is 5.97. The molecule has 2 rings (SSSR count). The fraction of sp³-hybridized carbons (Fsp3) is 0.579. The Labute approximate surface area is 159 Å². The molecule has 0 radical (unpaired) electrons. The van der Waals surface area contributed by atoms with Gasteiger partial charge in [-0.05, 0) is 46.6 Å². The summed E-state index contributed by atoms with van der Waals surface area (Å²) in [5, 5.41) is 11.1. The molecule has 0 N–H and O–H groups in total. The van der Waals surface area contributed by atoms with Gasteiger partial charge in [0.1, 0.15) is 0 Å². The number of carbonyl (C=O) groups excluding carboxylic acids is 2. The first-order valence-electron chi connectivity index (χ1n) is 9.24. The molecule has 1 heterocycles. The van der Waals surface area contributed by atoms with Gasteiger partial charge in [0.05, 0.1) is 16.2 Å². The van der Waals surface area contributed by atoms with E-state index in [4.69, 9.17) is 4.74 Å². The van der Waals surface area contributed by atoms with Crippen LogP contribution in [0.4, 0.5) is 11.4 Å². The van der Waals surface area contributed by atoms with Crippen molar-refractivity contribution < 1.29 is 19.2 Å². The van der Waals surface area contributed by atoms with E-state index in [0.717, 1.165) is 25.9 Å². The fourth-order valence-electron chi connectivity index (χ4n) is 3.49. The summed E-state index contributed by atoms with van der Waals surface area (Å²) >= 11 is 0. The SMILES string of the molecule is CC(C)N(C(=O)COC(=O)c1cc([N+](=O)[O-])ccc1N1CCCC1)C(C)C. The first-order valence-corrected chi connectivity index (χ1v) is 9.24. The van der Waals surface area contributed by atoms with Crippen LogP contribution in [-0.4, -0.2) is 53.5 Å². The Balaban J connectivity index is 2.19. The lowest BCUT2D eigenvalue weighted by Crippen LogP contribution is -2.44. The predicted octanol–water partition coefficient (Wildman–Crippen LogP) is 3.00. The maximum atomic E-state index is 12.6. The zero-order valence-electron chi connectivity index (χ0n) is 16.3. The molecule has 0 bridgehead atoms. The summed E-state index contributed by atoms with van der Waals surface area (Å²) in [4.78, 5) is 39.2. The van der Waals surface area contributed by atoms with Gasteiger partial charge in [0.15, 0.2) is 6.61 Å². The van der Waals surface area contributed by atoms with E-state index in [2.05, 4.69) is 0 Å². The number of amides is 1. The van der Waals surface area contributed by atoms with Gasteiger partial charge in [0, 0.05) is 37.3 Å². The van der Waals surface area contributed by atoms with Crippen molar-refractivity contribution in [1.29, 1.82) is 0 Å². The number of anilines is 1. The monoisotopic (exact) mass is 377 g/mol. The highest BCUT2D eigenvalue weighted by Gasteiger charge is 2.26. The van der Waals surface area contributed by atoms with Crippen LogP contribution in [0.5, 0.6) is 0 Å². The lowest BCUT2D eigenvalue weighted by molar-refractivity contribution is -0.384. The number of non-ortho nitro benzene ring substituents is 1. The van der Waals surface area contributed by atoms with Gasteiger partial charge in [-0.1, -0.05) is 0 Å². The van der Waals surface area contributed by atoms with Crippen molar-refractivity contribution in [1.82, 2.24) is 4.90 Å². The second kappa shape index (κ2) is 8.83. The molecule has 0 aliphatic carbocycles. The van der Waals surface area contributed by atoms with Crippen LogP contribution < -0.4 is 4.90 Å². The number of nitro groups is 1. The molecule has 148 valence electrons. The predicted molar refractivity (Wildman–Crippen MR) is 102 cm³/mol. The van der Waals surface area contributed by atoms with E-state index in [1.54, 1.807) is 11.0 Å². The summed E-state index contributed by atoms with van der Waals surface area (Å²) in [5.41, 5.74) is 0.557. The van der Waals surface area contributed by atoms with Crippen molar-refractivity contribution in [3.63, 3.8) is 0 Å². The maximum Gasteiger partial charge on any atom is 0.341 e. The molecular formula is C19H27N3O5. The van der Waals surface area contributed by atoms with Gasteiger partial charge in [-0.3, -0.25) is 14.9 Å². The molecule has 1 aromatic carbocycles. The van der Waals surface area contributed by atoms with Crippen molar-refractivity contribution in [2.45, 2.75) is 52.6 Å². The minimum atomic E-state index is -0.721. The number of esters is 1. The van der Waals surface area contributed by atoms with E-state index in [1.165, 1.54) is 12.1 Å². The number of ether oxygens (including phenoxy) is 1. The molecule has 1 aliphatic heterocycles. The van der Waals surface area contributed by atoms with Crippen LogP contribution in [-0.2, 0) is 9.53 Å². The average molecular weight is 377 g/mol. The second-order valence-corrected chi connectivity index (χ2v) is 7.22. The number of benzene rings is 1. The number of nitro benzene ring substituents is 1. The molecule has 0 atom stereocenters. The molecule has 0 aromatic heterocycles. The quantitative estimate of drug-likeness (QED) is 0.412. The third-order valence-corrected chi connectivity index (χ3v) is 4.59. The Morgan fingerprint density at radius 2 is 1.78 bits per heavy atom. The molecule has 27 heavy (non-hydrogen) atoms. The van der Waals surface area contributed by atoms with Crippen molar-refractivity contribution in [2.24, 2.45) is 0 Å². The molecule has 1 fully saturated rings. The molecule has 0 saturated carbocycles. The molecule has 1 aliphatic rings. The molecule has 1 amide bonds. The van der Waals surface area contributed by atoms with E-state index in [0.29, 0.717) is 5.69 Å². The van der Waals surface area contributed by atoms with Crippen molar-refractivity contribution >= 4 is 23.3 Å². The number of rotatable bonds is 7. The lowest BCUT2D eigenvalue weighted by Gasteiger charge is -2.30. The van der Waals surface area contributed by atoms with E-state index in [-0.39, 0.29) is 29.2 Å². The zero-order valence-corrected chi connectivity index (χ0v) is 16.3. The number of nitrogens with zero attached hydrogens (tertiary/aromatic N) is 3. The van der Waals surface area contributed by atoms with Gasteiger partial charge in [0.25, 0.3) is 11.6 Å². The van der Waals surface area contributed by atoms with E-state index >= 15 is 0 Å². The Bertz CT molecular complexity index is 703. The van der Waals surface area contributed by atoms with Crippen LogP contribution in [0.1, 0.15) is 50.9 Å². The summed E-state index contributed by atoms with van der Waals surface area (Å²) in [6.45, 7) is 8.75. The molecule has 1 saturated heterocycles. The number of hydrogen-bond donors (Lipinski definition) is 0. The Morgan fingerprint density at radius 1 is 1.19 bits per heavy atom. The highest BCUT2D eigenvalue weighted by atomic mass is 16.6. The largest absolute Gasteiger partial charge is 0.452 e. The van der Waals surface area contributed by atoms with E-state index in [1.807, 2.05) is 32.6 Å². The summed E-state index contributed by atoms with van der Waals surface area (Å²) in [5.74, 6) is -1.01. The van der Waals surface area contributed by atoms with Crippen LogP contribution in [0.25, 0.3) is 0 Å². The second-order valence-electron chi connectivity index (χ2n) is 7.22. The Morgan fingerprint density at radius 3 is 2.30 bits per heavy atom. The van der Waals surface area contributed by atoms with Crippen molar-refractivity contribution in [3.8, 4) is 0 Å². The van der Waals surface area contributed by atoms with E-state index < -0.39 is 17.5 Å². The van der Waals surface area contributed by atoms with Gasteiger partial charge in [0.2, 0.25) is 0 Å². The van der Waals surface area contributed by atoms with Crippen LogP contribution in [0.2, 0.25) is 0 Å². The zero-order chi connectivity index (χ0) is 20.1. The number of hydrogen-bond acceptors (Lipinski definition) is 6. The normalized spacial score (nSPS) is 13.9. The maximum absolute atomic E-state index is 12.6. The third-order valence-electron chi connectivity index (χ3n) is 4.59. The smallest absolute Gasteiger partial charge is 0.341 e. The summed E-state index contributed by atoms with van der Waals surface area (Å²) in [7, 11) is 0. The lowest BCUT2D eigenvalue weighted by atomic mass is 10.1. The van der Waals surface area contributed by atoms with Gasteiger partial charge in [-0.2, -0.15) is 0 Å². The van der Waals surface area contributed by atoms with Gasteiger partial charge in [-0.25, -0.2) is 4.79 Å². The van der Waals surface area contributed by atoms with Gasteiger partial charge in [-0.15, -0.1) is 0 Å². The summed E-state index contributed by atoms with van der Waals surface area (Å²) < 4.78 is 5.23. The Hall–Kier alpha value is -2.64. The van der Waals surface area contributed by atoms with Crippen LogP contribution in [0, 0.1) is 10.1 Å². The number of carbonyl (C=O) groups is 2. The summed E-state index contributed by atoms with van der Waals surface area (Å²) in [6, 6.07) is 4.15. The van der Waals surface area contributed by atoms with Crippen molar-refractivity contribution in [3.05, 3.63) is 33.9 Å². The van der Waals surface area contributed by atoms with Gasteiger partial charge >= 0.3 is 5.97 Å². The van der Waals surface area contributed by atoms with Crippen LogP contribution in [0.15, 0.2) is 18.2 Å². The topological polar surface area (TPSA) is 93.0 Å².